The summed E-state index contributed by atoms with van der Waals surface area (Å²) in [4.78, 5) is 14.4. The molecule has 0 saturated carbocycles. The summed E-state index contributed by atoms with van der Waals surface area (Å²) in [5.74, 6) is -0.0203. The SMILES string of the molecule is Cc1cc(S(=O)(=O)N2CCN(C(=O)[C@H]3CCCO3)CC2)c(C)cc1Cl. The van der Waals surface area contributed by atoms with Gasteiger partial charge in [-0.25, -0.2) is 8.42 Å². The number of hydrogen-bond acceptors (Lipinski definition) is 4. The van der Waals surface area contributed by atoms with Crippen molar-refractivity contribution in [2.45, 2.75) is 37.7 Å². The lowest BCUT2D eigenvalue weighted by Gasteiger charge is -2.35. The second-order valence-electron chi connectivity index (χ2n) is 6.60. The number of hydrogen-bond donors (Lipinski definition) is 0. The molecule has 0 N–H and O–H groups in total. The second-order valence-corrected chi connectivity index (χ2v) is 8.91. The molecule has 2 saturated heterocycles. The molecule has 6 nitrogen and oxygen atoms in total. The maximum absolute atomic E-state index is 13.0. The van der Waals surface area contributed by atoms with E-state index >= 15 is 0 Å². The molecule has 8 heteroatoms. The molecule has 1 amide bonds. The first-order valence-electron chi connectivity index (χ1n) is 8.48. The van der Waals surface area contributed by atoms with E-state index in [-0.39, 0.29) is 16.9 Å². The number of carbonyl (C=O) groups is 1. The molecule has 138 valence electrons. The number of benzene rings is 1. The molecule has 25 heavy (non-hydrogen) atoms. The Bertz CT molecular complexity index is 767. The first-order chi connectivity index (χ1) is 11.8. The number of nitrogens with zero attached hydrogens (tertiary/aromatic N) is 2. The fraction of sp³-hybridized carbons (Fsp3) is 0.588. The number of carbonyl (C=O) groups excluding carboxylic acids is 1. The van der Waals surface area contributed by atoms with E-state index < -0.39 is 10.0 Å². The zero-order valence-electron chi connectivity index (χ0n) is 14.5. The van der Waals surface area contributed by atoms with Crippen molar-refractivity contribution in [1.82, 2.24) is 9.21 Å². The van der Waals surface area contributed by atoms with E-state index in [2.05, 4.69) is 0 Å². The highest BCUT2D eigenvalue weighted by molar-refractivity contribution is 7.89. The van der Waals surface area contributed by atoms with Crippen LogP contribution in [0.2, 0.25) is 5.02 Å². The Morgan fingerprint density at radius 3 is 2.44 bits per heavy atom. The van der Waals surface area contributed by atoms with Crippen LogP contribution in [0.15, 0.2) is 17.0 Å². The number of aryl methyl sites for hydroxylation is 2. The lowest BCUT2D eigenvalue weighted by atomic mass is 10.2. The maximum Gasteiger partial charge on any atom is 0.251 e. The van der Waals surface area contributed by atoms with Crippen LogP contribution in [0.3, 0.4) is 0 Å². The summed E-state index contributed by atoms with van der Waals surface area (Å²) in [7, 11) is -3.59. The van der Waals surface area contributed by atoms with Gasteiger partial charge >= 0.3 is 0 Å². The molecule has 2 fully saturated rings. The van der Waals surface area contributed by atoms with Crippen LogP contribution in [-0.4, -0.2) is 62.4 Å². The average Bonchev–Trinajstić information content (AvgIpc) is 3.12. The Labute approximate surface area is 153 Å². The van der Waals surface area contributed by atoms with Crippen LogP contribution >= 0.6 is 11.6 Å². The van der Waals surface area contributed by atoms with Gasteiger partial charge in [0.05, 0.1) is 4.90 Å². The van der Waals surface area contributed by atoms with Gasteiger partial charge < -0.3 is 9.64 Å². The first-order valence-corrected chi connectivity index (χ1v) is 10.3. The third-order valence-corrected chi connectivity index (χ3v) is 7.28. The van der Waals surface area contributed by atoms with Gasteiger partial charge in [-0.2, -0.15) is 4.31 Å². The molecular weight excluding hydrogens is 364 g/mol. The molecule has 1 atom stereocenters. The van der Waals surface area contributed by atoms with Crippen molar-refractivity contribution in [2.24, 2.45) is 0 Å². The zero-order valence-corrected chi connectivity index (χ0v) is 16.1. The average molecular weight is 387 g/mol. The van der Waals surface area contributed by atoms with Crippen LogP contribution in [0.25, 0.3) is 0 Å². The molecule has 0 aromatic heterocycles. The fourth-order valence-electron chi connectivity index (χ4n) is 3.30. The first kappa shape index (κ1) is 18.6. The van der Waals surface area contributed by atoms with Crippen molar-refractivity contribution in [1.29, 1.82) is 0 Å². The third kappa shape index (κ3) is 3.69. The van der Waals surface area contributed by atoms with Gasteiger partial charge in [-0.05, 0) is 49.9 Å². The van der Waals surface area contributed by atoms with Crippen LogP contribution in [0.1, 0.15) is 24.0 Å². The number of rotatable bonds is 3. The van der Waals surface area contributed by atoms with E-state index in [1.807, 2.05) is 0 Å². The monoisotopic (exact) mass is 386 g/mol. The van der Waals surface area contributed by atoms with Gasteiger partial charge in [0.2, 0.25) is 10.0 Å². The minimum atomic E-state index is -3.59. The van der Waals surface area contributed by atoms with Gasteiger partial charge in [-0.1, -0.05) is 11.6 Å². The highest BCUT2D eigenvalue weighted by Crippen LogP contribution is 2.27. The number of sulfonamides is 1. The molecule has 2 aliphatic heterocycles. The van der Waals surface area contributed by atoms with E-state index in [1.54, 1.807) is 30.9 Å². The lowest BCUT2D eigenvalue weighted by molar-refractivity contribution is -0.142. The van der Waals surface area contributed by atoms with E-state index in [1.165, 1.54) is 4.31 Å². The Hall–Kier alpha value is -1.15. The second kappa shape index (κ2) is 7.23. The van der Waals surface area contributed by atoms with Gasteiger partial charge in [-0.15, -0.1) is 0 Å². The van der Waals surface area contributed by atoms with E-state index in [4.69, 9.17) is 16.3 Å². The standard InChI is InChI=1S/C17H23ClN2O4S/c1-12-11-16(13(2)10-14(12)18)25(22,23)20-7-5-19(6-8-20)17(21)15-4-3-9-24-15/h10-11,15H,3-9H2,1-2H3/t15-/m1/s1. The molecule has 0 aliphatic carbocycles. The van der Waals surface area contributed by atoms with Crippen molar-refractivity contribution < 1.29 is 17.9 Å². The highest BCUT2D eigenvalue weighted by atomic mass is 35.5. The Morgan fingerprint density at radius 1 is 1.16 bits per heavy atom. The van der Waals surface area contributed by atoms with Crippen molar-refractivity contribution in [2.75, 3.05) is 32.8 Å². The van der Waals surface area contributed by atoms with Crippen LogP contribution in [0.5, 0.6) is 0 Å². The summed E-state index contributed by atoms with van der Waals surface area (Å²) in [5.41, 5.74) is 1.37. The van der Waals surface area contributed by atoms with Gasteiger partial charge in [0.15, 0.2) is 0 Å². The van der Waals surface area contributed by atoms with Crippen molar-refractivity contribution in [3.63, 3.8) is 0 Å². The number of amides is 1. The number of piperazine rings is 1. The fourth-order valence-corrected chi connectivity index (χ4v) is 5.23. The van der Waals surface area contributed by atoms with E-state index in [9.17, 15) is 13.2 Å². The minimum Gasteiger partial charge on any atom is -0.368 e. The Kier molecular flexibility index (Phi) is 5.39. The third-order valence-electron chi connectivity index (χ3n) is 4.83. The predicted octanol–water partition coefficient (Wildman–Crippen LogP) is 1.97. The molecule has 0 unspecified atom stereocenters. The normalized spacial score (nSPS) is 22.4. The molecule has 0 radical (unpaired) electrons. The quantitative estimate of drug-likeness (QED) is 0.796. The summed E-state index contributed by atoms with van der Waals surface area (Å²) in [6.45, 7) is 5.53. The summed E-state index contributed by atoms with van der Waals surface area (Å²) in [6.07, 6.45) is 1.30. The molecule has 2 aliphatic rings. The summed E-state index contributed by atoms with van der Waals surface area (Å²) >= 11 is 6.07. The van der Waals surface area contributed by atoms with Gasteiger partial charge in [0, 0.05) is 37.8 Å². The molecule has 1 aromatic rings. The van der Waals surface area contributed by atoms with E-state index in [0.29, 0.717) is 43.4 Å². The molecule has 3 rings (SSSR count). The molecule has 2 heterocycles. The Balaban J connectivity index is 1.71. The van der Waals surface area contributed by atoms with Crippen molar-refractivity contribution in [3.8, 4) is 0 Å². The largest absolute Gasteiger partial charge is 0.368 e. The molecule has 0 bridgehead atoms. The van der Waals surface area contributed by atoms with E-state index in [0.717, 1.165) is 18.4 Å². The van der Waals surface area contributed by atoms with Crippen LogP contribution in [0.4, 0.5) is 0 Å². The molecule has 1 aromatic carbocycles. The minimum absolute atomic E-state index is 0.0203. The van der Waals surface area contributed by atoms with Crippen LogP contribution in [-0.2, 0) is 19.6 Å². The van der Waals surface area contributed by atoms with Gasteiger partial charge in [0.1, 0.15) is 6.10 Å². The summed E-state index contributed by atoms with van der Waals surface area (Å²) in [6, 6.07) is 3.30. The van der Waals surface area contributed by atoms with Gasteiger partial charge in [0.25, 0.3) is 5.91 Å². The smallest absolute Gasteiger partial charge is 0.251 e. The van der Waals surface area contributed by atoms with Crippen molar-refractivity contribution >= 4 is 27.5 Å². The van der Waals surface area contributed by atoms with Crippen LogP contribution in [0, 0.1) is 13.8 Å². The highest BCUT2D eigenvalue weighted by Gasteiger charge is 2.34. The van der Waals surface area contributed by atoms with Crippen molar-refractivity contribution in [3.05, 3.63) is 28.3 Å². The maximum atomic E-state index is 13.0. The summed E-state index contributed by atoms with van der Waals surface area (Å²) in [5, 5.41) is 0.559. The molecular formula is C17H23ClN2O4S. The lowest BCUT2D eigenvalue weighted by Crippen LogP contribution is -2.52. The Morgan fingerprint density at radius 2 is 1.84 bits per heavy atom. The zero-order chi connectivity index (χ0) is 18.2. The topological polar surface area (TPSA) is 66.9 Å². The number of halogens is 1. The van der Waals surface area contributed by atoms with Gasteiger partial charge in [-0.3, -0.25) is 4.79 Å². The molecule has 0 spiro atoms. The predicted molar refractivity (Wildman–Crippen MR) is 95.2 cm³/mol. The number of ether oxygens (including phenoxy) is 1. The van der Waals surface area contributed by atoms with Crippen LogP contribution < -0.4 is 0 Å². The summed E-state index contributed by atoms with van der Waals surface area (Å²) < 4.78 is 32.8.